The molecule has 34 heavy (non-hydrogen) atoms. The number of nitrogens with one attached hydrogen (secondary N) is 3. The first-order valence-corrected chi connectivity index (χ1v) is 11.3. The van der Waals surface area contributed by atoms with Crippen LogP contribution in [0.25, 0.3) is 0 Å². The maximum Gasteiger partial charge on any atom is 0.326 e. The van der Waals surface area contributed by atoms with Crippen LogP contribution in [0.2, 0.25) is 5.02 Å². The fourth-order valence-electron chi connectivity index (χ4n) is 3.29. The van der Waals surface area contributed by atoms with E-state index in [1.54, 1.807) is 12.1 Å². The summed E-state index contributed by atoms with van der Waals surface area (Å²) in [6.45, 7) is 0.524. The van der Waals surface area contributed by atoms with Crippen molar-refractivity contribution >= 4 is 35.3 Å². The normalized spacial score (nSPS) is 13.6. The Bertz CT molecular complexity index is 1090. The summed E-state index contributed by atoms with van der Waals surface area (Å²) in [5, 5.41) is 26.8. The molecule has 1 fully saturated rings. The lowest BCUT2D eigenvalue weighted by Crippen LogP contribution is -2.41. The molecular formula is C24H26ClN3O6. The summed E-state index contributed by atoms with van der Waals surface area (Å²) in [6, 6.07) is 9.43. The maximum atomic E-state index is 12.6. The van der Waals surface area contributed by atoms with Gasteiger partial charge in [0, 0.05) is 24.6 Å². The second kappa shape index (κ2) is 11.5. The predicted octanol–water partition coefficient (Wildman–Crippen LogP) is 2.46. The van der Waals surface area contributed by atoms with Gasteiger partial charge in [0.1, 0.15) is 11.8 Å². The van der Waals surface area contributed by atoms with Gasteiger partial charge in [0.05, 0.1) is 10.6 Å². The van der Waals surface area contributed by atoms with E-state index >= 15 is 0 Å². The first-order valence-electron chi connectivity index (χ1n) is 10.9. The van der Waals surface area contributed by atoms with Gasteiger partial charge in [-0.05, 0) is 61.6 Å². The topological polar surface area (TPSA) is 145 Å². The lowest BCUT2D eigenvalue weighted by molar-refractivity contribution is -0.139. The highest BCUT2D eigenvalue weighted by atomic mass is 35.5. The second-order valence-electron chi connectivity index (χ2n) is 8.12. The summed E-state index contributed by atoms with van der Waals surface area (Å²) < 4.78 is 0. The van der Waals surface area contributed by atoms with E-state index in [0.717, 1.165) is 12.8 Å². The zero-order chi connectivity index (χ0) is 24.7. The van der Waals surface area contributed by atoms with E-state index in [-0.39, 0.29) is 46.7 Å². The van der Waals surface area contributed by atoms with E-state index in [9.17, 15) is 29.4 Å². The van der Waals surface area contributed by atoms with Crippen LogP contribution in [0.5, 0.6) is 5.75 Å². The first kappa shape index (κ1) is 25.0. The maximum absolute atomic E-state index is 12.6. The van der Waals surface area contributed by atoms with Crippen LogP contribution in [-0.2, 0) is 16.1 Å². The van der Waals surface area contributed by atoms with E-state index in [1.165, 1.54) is 30.3 Å². The number of phenolic OH excluding ortho intramolecular Hbond substituents is 1. The molecule has 1 aliphatic rings. The van der Waals surface area contributed by atoms with Crippen molar-refractivity contribution in [1.29, 1.82) is 0 Å². The second-order valence-corrected chi connectivity index (χ2v) is 8.53. The Morgan fingerprint density at radius 3 is 2.44 bits per heavy atom. The molecule has 3 amide bonds. The van der Waals surface area contributed by atoms with Gasteiger partial charge in [-0.25, -0.2) is 4.79 Å². The largest absolute Gasteiger partial charge is 0.508 e. The summed E-state index contributed by atoms with van der Waals surface area (Å²) in [5.41, 5.74) is 0.977. The van der Waals surface area contributed by atoms with Gasteiger partial charge in [0.2, 0.25) is 5.91 Å². The summed E-state index contributed by atoms with van der Waals surface area (Å²) in [5.74, 6) is -2.14. The third-order valence-corrected chi connectivity index (χ3v) is 5.67. The van der Waals surface area contributed by atoms with Crippen LogP contribution in [0.15, 0.2) is 42.5 Å². The van der Waals surface area contributed by atoms with Crippen molar-refractivity contribution in [2.24, 2.45) is 5.92 Å². The predicted molar refractivity (Wildman–Crippen MR) is 125 cm³/mol. The minimum absolute atomic E-state index is 0.00309. The van der Waals surface area contributed by atoms with Gasteiger partial charge < -0.3 is 26.2 Å². The number of rotatable bonds is 11. The van der Waals surface area contributed by atoms with Gasteiger partial charge in [-0.15, -0.1) is 0 Å². The zero-order valence-corrected chi connectivity index (χ0v) is 19.1. The number of phenols is 1. The summed E-state index contributed by atoms with van der Waals surface area (Å²) in [7, 11) is 0. The number of carbonyl (C=O) groups is 4. The molecule has 1 saturated carbocycles. The smallest absolute Gasteiger partial charge is 0.326 e. The fraction of sp³-hybridized carbons (Fsp3) is 0.333. The standard InChI is InChI=1S/C24H26ClN3O6/c25-19-12-16(22(31)27-13-14-3-1-4-17(29)11-14)8-9-18(19)23(32)28-20(24(33)34)5-2-10-26-21(30)15-6-7-15/h1,3-4,8-9,11-12,15,20,29H,2,5-7,10,13H2,(H,26,30)(H,27,31)(H,28,32)(H,33,34)/t20-/m0/s1. The molecule has 180 valence electrons. The lowest BCUT2D eigenvalue weighted by Gasteiger charge is -2.15. The lowest BCUT2D eigenvalue weighted by atomic mass is 10.1. The number of amides is 3. The Balaban J connectivity index is 1.53. The van der Waals surface area contributed by atoms with Gasteiger partial charge in [-0.3, -0.25) is 14.4 Å². The average molecular weight is 488 g/mol. The van der Waals surface area contributed by atoms with Gasteiger partial charge in [0.15, 0.2) is 0 Å². The Morgan fingerprint density at radius 1 is 1.03 bits per heavy atom. The van der Waals surface area contributed by atoms with Crippen molar-refractivity contribution in [3.05, 3.63) is 64.2 Å². The minimum atomic E-state index is -1.19. The van der Waals surface area contributed by atoms with E-state index in [0.29, 0.717) is 18.5 Å². The van der Waals surface area contributed by atoms with E-state index in [2.05, 4.69) is 16.0 Å². The summed E-state index contributed by atoms with van der Waals surface area (Å²) >= 11 is 6.20. The van der Waals surface area contributed by atoms with E-state index in [1.807, 2.05) is 0 Å². The van der Waals surface area contributed by atoms with Crippen LogP contribution in [0.4, 0.5) is 0 Å². The number of hydrogen-bond acceptors (Lipinski definition) is 5. The molecule has 0 bridgehead atoms. The van der Waals surface area contributed by atoms with Gasteiger partial charge in [-0.1, -0.05) is 23.7 Å². The van der Waals surface area contributed by atoms with Crippen LogP contribution in [0.3, 0.4) is 0 Å². The van der Waals surface area contributed by atoms with E-state index < -0.39 is 23.8 Å². The number of halogens is 1. The fourth-order valence-corrected chi connectivity index (χ4v) is 3.56. The van der Waals surface area contributed by atoms with Crippen molar-refractivity contribution in [1.82, 2.24) is 16.0 Å². The average Bonchev–Trinajstić information content (AvgIpc) is 3.64. The number of hydrogen-bond donors (Lipinski definition) is 5. The molecule has 3 rings (SSSR count). The van der Waals surface area contributed by atoms with E-state index in [4.69, 9.17) is 11.6 Å². The molecule has 0 spiro atoms. The third-order valence-electron chi connectivity index (χ3n) is 5.36. The number of carboxylic acid groups (broad SMARTS) is 1. The molecule has 2 aromatic rings. The Morgan fingerprint density at radius 2 is 1.79 bits per heavy atom. The van der Waals surface area contributed by atoms with Gasteiger partial charge in [-0.2, -0.15) is 0 Å². The quantitative estimate of drug-likeness (QED) is 0.308. The summed E-state index contributed by atoms with van der Waals surface area (Å²) in [6.07, 6.45) is 2.30. The number of carbonyl (C=O) groups excluding carboxylic acids is 3. The molecule has 0 unspecified atom stereocenters. The van der Waals surface area contributed by atoms with Gasteiger partial charge in [0.25, 0.3) is 11.8 Å². The Hall–Kier alpha value is -3.59. The van der Waals surface area contributed by atoms with Crippen LogP contribution in [0, 0.1) is 5.92 Å². The van der Waals surface area contributed by atoms with Crippen molar-refractivity contribution in [2.75, 3.05) is 6.54 Å². The number of benzene rings is 2. The minimum Gasteiger partial charge on any atom is -0.508 e. The van der Waals surface area contributed by atoms with Crippen LogP contribution >= 0.6 is 11.6 Å². The van der Waals surface area contributed by atoms with Crippen molar-refractivity contribution < 1.29 is 29.4 Å². The van der Waals surface area contributed by atoms with Crippen molar-refractivity contribution in [2.45, 2.75) is 38.3 Å². The molecule has 1 aliphatic carbocycles. The number of carboxylic acids is 1. The molecule has 0 saturated heterocycles. The molecule has 9 nitrogen and oxygen atoms in total. The molecule has 5 N–H and O–H groups in total. The molecule has 0 aliphatic heterocycles. The highest BCUT2D eigenvalue weighted by Crippen LogP contribution is 2.28. The van der Waals surface area contributed by atoms with Gasteiger partial charge >= 0.3 is 5.97 Å². The highest BCUT2D eigenvalue weighted by molar-refractivity contribution is 6.34. The molecular weight excluding hydrogens is 462 g/mol. The summed E-state index contributed by atoms with van der Waals surface area (Å²) in [4.78, 5) is 48.2. The molecule has 1 atom stereocenters. The van der Waals surface area contributed by atoms with Crippen LogP contribution in [0.1, 0.15) is 52.0 Å². The zero-order valence-electron chi connectivity index (χ0n) is 18.3. The number of aromatic hydroxyl groups is 1. The molecule has 0 radical (unpaired) electrons. The third kappa shape index (κ3) is 7.21. The Kier molecular flexibility index (Phi) is 8.48. The van der Waals surface area contributed by atoms with Crippen LogP contribution in [-0.4, -0.2) is 46.5 Å². The Labute approximate surface area is 201 Å². The van der Waals surface area contributed by atoms with Crippen LogP contribution < -0.4 is 16.0 Å². The number of aliphatic carboxylic acids is 1. The molecule has 0 heterocycles. The molecule has 10 heteroatoms. The molecule has 2 aromatic carbocycles. The molecule has 0 aromatic heterocycles. The van der Waals surface area contributed by atoms with Crippen molar-refractivity contribution in [3.8, 4) is 5.75 Å². The van der Waals surface area contributed by atoms with Crippen molar-refractivity contribution in [3.63, 3.8) is 0 Å². The monoisotopic (exact) mass is 487 g/mol. The first-order chi connectivity index (χ1) is 16.2. The SMILES string of the molecule is O=C(NCc1cccc(O)c1)c1ccc(C(=O)N[C@@H](CCCNC(=O)C2CC2)C(=O)O)c(Cl)c1. The highest BCUT2D eigenvalue weighted by Gasteiger charge is 2.29.